The van der Waals surface area contributed by atoms with Gasteiger partial charge in [0.15, 0.2) is 5.13 Å². The van der Waals surface area contributed by atoms with E-state index in [0.29, 0.717) is 72.2 Å². The van der Waals surface area contributed by atoms with Gasteiger partial charge in [-0.15, -0.1) is 0 Å². The smallest absolute Gasteiger partial charge is 0.350 e. The van der Waals surface area contributed by atoms with Crippen LogP contribution in [0.5, 0.6) is 0 Å². The highest BCUT2D eigenvalue weighted by atomic mass is 35.5. The number of carbonyl (C=O) groups is 2. The quantitative estimate of drug-likeness (QED) is 0.448. The number of aromatic nitrogens is 2. The topological polar surface area (TPSA) is 133 Å². The summed E-state index contributed by atoms with van der Waals surface area (Å²) in [5, 5.41) is 14.1. The van der Waals surface area contributed by atoms with Gasteiger partial charge >= 0.3 is 5.97 Å². The highest BCUT2D eigenvalue weighted by Gasteiger charge is 2.36. The number of esters is 1. The Morgan fingerprint density at radius 1 is 1.32 bits per heavy atom. The number of nitrogens with zero attached hydrogens (tertiary/aromatic N) is 4. The first kappa shape index (κ1) is 28.6. The van der Waals surface area contributed by atoms with Crippen molar-refractivity contribution in [2.45, 2.75) is 38.5 Å². The van der Waals surface area contributed by atoms with E-state index in [1.165, 1.54) is 11.3 Å². The van der Waals surface area contributed by atoms with Gasteiger partial charge in [0.05, 0.1) is 48.1 Å². The fraction of sp³-hybridized carbons (Fsp3) is 0.583. The minimum absolute atomic E-state index is 0.183. The first-order valence-electron chi connectivity index (χ1n) is 12.3. The molecule has 2 aliphatic heterocycles. The number of morpholine rings is 1. The molecule has 0 aromatic carbocycles. The number of methoxy groups -OCH3 is 1. The predicted molar refractivity (Wildman–Crippen MR) is 143 cm³/mol. The number of rotatable bonds is 8. The van der Waals surface area contributed by atoms with Crippen molar-refractivity contribution in [1.82, 2.24) is 20.2 Å². The van der Waals surface area contributed by atoms with Crippen molar-refractivity contribution in [2.24, 2.45) is 0 Å². The van der Waals surface area contributed by atoms with Crippen LogP contribution in [0.2, 0.25) is 10.0 Å². The van der Waals surface area contributed by atoms with Crippen molar-refractivity contribution in [3.05, 3.63) is 32.0 Å². The maximum atomic E-state index is 12.9. The van der Waals surface area contributed by atoms with E-state index in [1.807, 2.05) is 9.80 Å². The molecule has 0 spiro atoms. The molecule has 2 fully saturated rings. The largest absolute Gasteiger partial charge is 0.462 e. The van der Waals surface area contributed by atoms with Crippen LogP contribution < -0.4 is 10.2 Å². The molecule has 0 saturated carbocycles. The second-order valence-electron chi connectivity index (χ2n) is 8.95. The van der Waals surface area contributed by atoms with Crippen LogP contribution in [-0.2, 0) is 14.2 Å². The fourth-order valence-corrected chi connectivity index (χ4v) is 6.04. The molecular formula is C24H30Cl2N6O5S. The van der Waals surface area contributed by atoms with Crippen LogP contribution in [0.4, 0.5) is 5.13 Å². The van der Waals surface area contributed by atoms with Gasteiger partial charge in [0, 0.05) is 39.0 Å². The summed E-state index contributed by atoms with van der Waals surface area (Å²) in [5.74, 6) is -0.865. The molecule has 11 nitrogen and oxygen atoms in total. The van der Waals surface area contributed by atoms with E-state index in [2.05, 4.69) is 16.4 Å². The number of anilines is 1. The molecule has 2 aliphatic rings. The third-order valence-electron chi connectivity index (χ3n) is 6.62. The molecule has 2 aromatic rings. The Labute approximate surface area is 234 Å². The lowest BCUT2D eigenvalue weighted by Crippen LogP contribution is -2.55. The molecule has 14 heteroatoms. The van der Waals surface area contributed by atoms with Crippen LogP contribution in [-0.4, -0.2) is 92.0 Å². The first-order chi connectivity index (χ1) is 18.3. The van der Waals surface area contributed by atoms with E-state index in [0.717, 1.165) is 0 Å². The first-order valence-corrected chi connectivity index (χ1v) is 13.9. The fourth-order valence-electron chi connectivity index (χ4n) is 4.60. The minimum atomic E-state index is -0.695. The number of nitrogens with one attached hydrogen (secondary N) is 2. The Hall–Kier alpha value is -2.40. The third-order valence-corrected chi connectivity index (χ3v) is 8.68. The van der Waals surface area contributed by atoms with Crippen molar-refractivity contribution in [1.29, 1.82) is 5.26 Å². The lowest BCUT2D eigenvalue weighted by molar-refractivity contribution is 0.0256. The number of aromatic amines is 1. The summed E-state index contributed by atoms with van der Waals surface area (Å²) in [7, 11) is 1.58. The molecule has 3 unspecified atom stereocenters. The number of thiazole rings is 1. The zero-order valence-corrected chi connectivity index (χ0v) is 23.7. The number of H-pyrrole nitrogens is 1. The van der Waals surface area contributed by atoms with Crippen molar-refractivity contribution in [3.8, 4) is 6.07 Å². The second-order valence-corrected chi connectivity index (χ2v) is 10.7. The Morgan fingerprint density at radius 3 is 2.66 bits per heavy atom. The molecule has 2 N–H and O–H groups in total. The average molecular weight is 586 g/mol. The standard InChI is InChI=1S/C24H30Cl2N6O5S/c1-4-37-23(34)21-19(15(11-27)31-7-9-36-10-8-31)30-24(38-21)32-6-5-14(16(12-32)35-3)29-22(33)20-18(26)17(25)13(2)28-20/h14-16,28H,4-10,12H2,1-3H3,(H,29,33). The number of carbonyl (C=O) groups excluding carboxylic acids is 2. The van der Waals surface area contributed by atoms with E-state index >= 15 is 0 Å². The number of hydrogen-bond donors (Lipinski definition) is 2. The van der Waals surface area contributed by atoms with Gasteiger partial charge in [0.2, 0.25) is 0 Å². The number of nitriles is 1. The van der Waals surface area contributed by atoms with Gasteiger partial charge in [-0.25, -0.2) is 9.78 Å². The molecule has 0 aliphatic carbocycles. The van der Waals surface area contributed by atoms with Gasteiger partial charge in [-0.3, -0.25) is 9.69 Å². The molecule has 206 valence electrons. The number of amides is 1. The van der Waals surface area contributed by atoms with E-state index in [4.69, 9.17) is 42.4 Å². The molecule has 0 radical (unpaired) electrons. The van der Waals surface area contributed by atoms with Crippen LogP contribution in [0.1, 0.15) is 50.9 Å². The Balaban J connectivity index is 1.53. The number of piperidine rings is 1. The number of halogens is 2. The van der Waals surface area contributed by atoms with Gasteiger partial charge < -0.3 is 29.4 Å². The van der Waals surface area contributed by atoms with Crippen LogP contribution in [0, 0.1) is 18.3 Å². The van der Waals surface area contributed by atoms with Crippen LogP contribution >= 0.6 is 34.5 Å². The summed E-state index contributed by atoms with van der Waals surface area (Å²) in [5.41, 5.74) is 1.22. The normalized spacial score (nSPS) is 21.1. The zero-order valence-electron chi connectivity index (χ0n) is 21.4. The van der Waals surface area contributed by atoms with Crippen molar-refractivity contribution < 1.29 is 23.8 Å². The van der Waals surface area contributed by atoms with Gasteiger partial charge in [0.1, 0.15) is 22.3 Å². The van der Waals surface area contributed by atoms with Crippen LogP contribution in [0.15, 0.2) is 0 Å². The summed E-state index contributed by atoms with van der Waals surface area (Å²) in [6.45, 7) is 6.82. The molecule has 4 heterocycles. The van der Waals surface area contributed by atoms with E-state index in [-0.39, 0.29) is 35.4 Å². The van der Waals surface area contributed by atoms with E-state index in [1.54, 1.807) is 21.0 Å². The monoisotopic (exact) mass is 584 g/mol. The number of aryl methyl sites for hydroxylation is 1. The Kier molecular flexibility index (Phi) is 9.51. The SMILES string of the molecule is CCOC(=O)c1sc(N2CCC(NC(=O)c3[nH]c(C)c(Cl)c3Cl)C(OC)C2)nc1C(C#N)N1CCOCC1. The maximum absolute atomic E-state index is 12.9. The minimum Gasteiger partial charge on any atom is -0.462 e. The lowest BCUT2D eigenvalue weighted by atomic mass is 10.0. The molecule has 1 amide bonds. The highest BCUT2D eigenvalue weighted by molar-refractivity contribution is 7.17. The van der Waals surface area contributed by atoms with Gasteiger partial charge in [-0.1, -0.05) is 34.5 Å². The summed E-state index contributed by atoms with van der Waals surface area (Å²) in [6.07, 6.45) is 0.201. The third kappa shape index (κ3) is 5.93. The Morgan fingerprint density at radius 2 is 2.05 bits per heavy atom. The van der Waals surface area contributed by atoms with E-state index < -0.39 is 12.0 Å². The van der Waals surface area contributed by atoms with Crippen LogP contribution in [0.25, 0.3) is 0 Å². The van der Waals surface area contributed by atoms with Crippen LogP contribution in [0.3, 0.4) is 0 Å². The van der Waals surface area contributed by atoms with E-state index in [9.17, 15) is 14.9 Å². The van der Waals surface area contributed by atoms with Gasteiger partial charge in [-0.2, -0.15) is 5.26 Å². The second kappa shape index (κ2) is 12.6. The molecule has 0 bridgehead atoms. The van der Waals surface area contributed by atoms with Crippen molar-refractivity contribution in [2.75, 3.05) is 58.0 Å². The molecular weight excluding hydrogens is 555 g/mol. The number of hydrogen-bond acceptors (Lipinski definition) is 10. The predicted octanol–water partition coefficient (Wildman–Crippen LogP) is 3.18. The lowest BCUT2D eigenvalue weighted by Gasteiger charge is -2.38. The van der Waals surface area contributed by atoms with Crippen molar-refractivity contribution in [3.63, 3.8) is 0 Å². The molecule has 3 atom stereocenters. The molecule has 38 heavy (non-hydrogen) atoms. The summed E-state index contributed by atoms with van der Waals surface area (Å²) in [6, 6.07) is 1.33. The maximum Gasteiger partial charge on any atom is 0.350 e. The van der Waals surface area contributed by atoms with Gasteiger partial charge in [0.25, 0.3) is 5.91 Å². The van der Waals surface area contributed by atoms with Gasteiger partial charge in [-0.05, 0) is 20.3 Å². The number of ether oxygens (including phenoxy) is 3. The molecule has 2 saturated heterocycles. The molecule has 2 aromatic heterocycles. The zero-order chi connectivity index (χ0) is 27.4. The summed E-state index contributed by atoms with van der Waals surface area (Å²) >= 11 is 13.5. The highest BCUT2D eigenvalue weighted by Crippen LogP contribution is 2.35. The van der Waals surface area contributed by atoms with Crippen molar-refractivity contribution >= 4 is 51.5 Å². The summed E-state index contributed by atoms with van der Waals surface area (Å²) in [4.78, 5) is 37.7. The average Bonchev–Trinajstić information content (AvgIpc) is 3.47. The Bertz CT molecular complexity index is 1210. The molecule has 4 rings (SSSR count). The summed E-state index contributed by atoms with van der Waals surface area (Å²) < 4.78 is 16.4.